The molecule has 0 bridgehead atoms. The van der Waals surface area contributed by atoms with Crippen LogP contribution in [0.5, 0.6) is 0 Å². The number of terminal acetylenes is 1. The summed E-state index contributed by atoms with van der Waals surface area (Å²) in [4.78, 5) is 2.60. The fraction of sp³-hybridized carbons (Fsp3) is 0.846. The monoisotopic (exact) mass is 206 g/mol. The van der Waals surface area contributed by atoms with Gasteiger partial charge < -0.3 is 10.2 Å². The number of rotatable bonds is 3. The second-order valence-electron chi connectivity index (χ2n) is 5.00. The Bertz CT molecular complexity index is 235. The van der Waals surface area contributed by atoms with E-state index < -0.39 is 0 Å². The van der Waals surface area contributed by atoms with Gasteiger partial charge in [-0.15, -0.1) is 12.3 Å². The fourth-order valence-electron chi connectivity index (χ4n) is 3.02. The van der Waals surface area contributed by atoms with E-state index in [4.69, 9.17) is 6.42 Å². The molecule has 84 valence electrons. The molecule has 2 heteroatoms. The molecule has 2 aliphatic rings. The molecule has 0 atom stereocenters. The average Bonchev–Trinajstić information content (AvgIpc) is 2.67. The Balaban J connectivity index is 1.79. The third kappa shape index (κ3) is 2.74. The van der Waals surface area contributed by atoms with Crippen LogP contribution in [0.2, 0.25) is 0 Å². The lowest BCUT2D eigenvalue weighted by atomic mass is 9.94. The standard InChI is InChI=1S/C13H22N2/c1-2-3-6-10-15-11-9-14-13(12-15)7-4-5-8-13/h1,14H,3-12H2. The summed E-state index contributed by atoms with van der Waals surface area (Å²) >= 11 is 0. The summed E-state index contributed by atoms with van der Waals surface area (Å²) in [6.07, 6.45) is 12.9. The van der Waals surface area contributed by atoms with Crippen LogP contribution < -0.4 is 5.32 Å². The Morgan fingerprint density at radius 2 is 2.13 bits per heavy atom. The van der Waals surface area contributed by atoms with Gasteiger partial charge in [0.1, 0.15) is 0 Å². The second kappa shape index (κ2) is 5.01. The molecule has 0 unspecified atom stereocenters. The van der Waals surface area contributed by atoms with Crippen molar-refractivity contribution in [3.05, 3.63) is 0 Å². The number of hydrogen-bond acceptors (Lipinski definition) is 2. The maximum atomic E-state index is 5.28. The zero-order valence-corrected chi connectivity index (χ0v) is 9.60. The van der Waals surface area contributed by atoms with E-state index in [-0.39, 0.29) is 0 Å². The summed E-state index contributed by atoms with van der Waals surface area (Å²) < 4.78 is 0. The first-order valence-corrected chi connectivity index (χ1v) is 6.26. The van der Waals surface area contributed by atoms with Crippen LogP contribution in [-0.2, 0) is 0 Å². The Kier molecular flexibility index (Phi) is 3.66. The van der Waals surface area contributed by atoms with E-state index in [1.54, 1.807) is 0 Å². The Morgan fingerprint density at radius 1 is 1.33 bits per heavy atom. The van der Waals surface area contributed by atoms with Crippen molar-refractivity contribution >= 4 is 0 Å². The van der Waals surface area contributed by atoms with Crippen molar-refractivity contribution in [1.82, 2.24) is 10.2 Å². The van der Waals surface area contributed by atoms with Gasteiger partial charge in [0.25, 0.3) is 0 Å². The van der Waals surface area contributed by atoms with Crippen LogP contribution in [0, 0.1) is 12.3 Å². The molecule has 1 aliphatic carbocycles. The highest BCUT2D eigenvalue weighted by molar-refractivity contribution is 4.98. The summed E-state index contributed by atoms with van der Waals surface area (Å²) in [5.74, 6) is 2.73. The van der Waals surface area contributed by atoms with Crippen molar-refractivity contribution in [3.8, 4) is 12.3 Å². The third-order valence-corrected chi connectivity index (χ3v) is 3.81. The van der Waals surface area contributed by atoms with E-state index in [1.165, 1.54) is 45.3 Å². The molecule has 1 aliphatic heterocycles. The van der Waals surface area contributed by atoms with Crippen LogP contribution in [-0.4, -0.2) is 36.6 Å². The number of piperazine rings is 1. The van der Waals surface area contributed by atoms with Crippen LogP contribution in [0.1, 0.15) is 38.5 Å². The van der Waals surface area contributed by atoms with E-state index in [0.717, 1.165) is 19.4 Å². The molecule has 1 spiro atoms. The molecule has 0 radical (unpaired) electrons. The minimum absolute atomic E-state index is 0.467. The Hall–Kier alpha value is -0.520. The number of nitrogens with one attached hydrogen (secondary N) is 1. The second-order valence-corrected chi connectivity index (χ2v) is 5.00. The van der Waals surface area contributed by atoms with Gasteiger partial charge in [0.15, 0.2) is 0 Å². The zero-order valence-electron chi connectivity index (χ0n) is 9.60. The number of nitrogens with zero attached hydrogens (tertiary/aromatic N) is 1. The summed E-state index contributed by atoms with van der Waals surface area (Å²) in [6, 6.07) is 0. The summed E-state index contributed by atoms with van der Waals surface area (Å²) in [5.41, 5.74) is 0.467. The quantitative estimate of drug-likeness (QED) is 0.557. The minimum Gasteiger partial charge on any atom is -0.309 e. The van der Waals surface area contributed by atoms with Gasteiger partial charge in [-0.3, -0.25) is 0 Å². The molecule has 15 heavy (non-hydrogen) atoms. The van der Waals surface area contributed by atoms with E-state index in [9.17, 15) is 0 Å². The highest BCUT2D eigenvalue weighted by Gasteiger charge is 2.37. The Morgan fingerprint density at radius 3 is 2.87 bits per heavy atom. The number of hydrogen-bond donors (Lipinski definition) is 1. The molecule has 2 fully saturated rings. The van der Waals surface area contributed by atoms with Gasteiger partial charge >= 0.3 is 0 Å². The van der Waals surface area contributed by atoms with Crippen molar-refractivity contribution in [2.75, 3.05) is 26.2 Å². The van der Waals surface area contributed by atoms with Gasteiger partial charge in [-0.25, -0.2) is 0 Å². The van der Waals surface area contributed by atoms with Crippen molar-refractivity contribution in [2.24, 2.45) is 0 Å². The van der Waals surface area contributed by atoms with Crippen LogP contribution in [0.25, 0.3) is 0 Å². The number of unbranched alkanes of at least 4 members (excludes halogenated alkanes) is 1. The lowest BCUT2D eigenvalue weighted by Gasteiger charge is -2.41. The van der Waals surface area contributed by atoms with Crippen LogP contribution >= 0.6 is 0 Å². The fourth-order valence-corrected chi connectivity index (χ4v) is 3.02. The molecule has 0 aromatic heterocycles. The Labute approximate surface area is 93.4 Å². The molecule has 2 nitrogen and oxygen atoms in total. The van der Waals surface area contributed by atoms with Crippen molar-refractivity contribution in [2.45, 2.75) is 44.1 Å². The lowest BCUT2D eigenvalue weighted by molar-refractivity contribution is 0.134. The van der Waals surface area contributed by atoms with E-state index in [1.807, 2.05) is 0 Å². The van der Waals surface area contributed by atoms with Gasteiger partial charge in [0.05, 0.1) is 0 Å². The zero-order chi connectivity index (χ0) is 10.6. The largest absolute Gasteiger partial charge is 0.309 e. The summed E-state index contributed by atoms with van der Waals surface area (Å²) in [7, 11) is 0. The predicted octanol–water partition coefficient (Wildman–Crippen LogP) is 1.62. The molecule has 0 aromatic rings. The highest BCUT2D eigenvalue weighted by Crippen LogP contribution is 2.31. The first-order valence-electron chi connectivity index (χ1n) is 6.26. The topological polar surface area (TPSA) is 15.3 Å². The molecular formula is C13H22N2. The molecule has 0 aromatic carbocycles. The van der Waals surface area contributed by atoms with Crippen LogP contribution in [0.4, 0.5) is 0 Å². The molecular weight excluding hydrogens is 184 g/mol. The molecule has 1 saturated heterocycles. The van der Waals surface area contributed by atoms with E-state index in [2.05, 4.69) is 16.1 Å². The van der Waals surface area contributed by atoms with Crippen molar-refractivity contribution < 1.29 is 0 Å². The molecule has 2 rings (SSSR count). The highest BCUT2D eigenvalue weighted by atomic mass is 15.2. The predicted molar refractivity (Wildman–Crippen MR) is 63.7 cm³/mol. The van der Waals surface area contributed by atoms with Gasteiger partial charge in [-0.1, -0.05) is 12.8 Å². The molecule has 0 amide bonds. The maximum Gasteiger partial charge on any atom is 0.0309 e. The molecule has 1 heterocycles. The SMILES string of the molecule is C#CCCCN1CCNC2(CCCC2)C1. The third-order valence-electron chi connectivity index (χ3n) is 3.81. The van der Waals surface area contributed by atoms with E-state index in [0.29, 0.717) is 5.54 Å². The minimum atomic E-state index is 0.467. The van der Waals surface area contributed by atoms with Gasteiger partial charge in [0, 0.05) is 31.6 Å². The van der Waals surface area contributed by atoms with Crippen LogP contribution in [0.3, 0.4) is 0 Å². The molecule has 1 saturated carbocycles. The van der Waals surface area contributed by atoms with Crippen molar-refractivity contribution in [3.63, 3.8) is 0 Å². The first kappa shape index (κ1) is 11.0. The summed E-state index contributed by atoms with van der Waals surface area (Å²) in [6.45, 7) is 4.80. The van der Waals surface area contributed by atoms with Gasteiger partial charge in [-0.05, 0) is 25.8 Å². The van der Waals surface area contributed by atoms with Gasteiger partial charge in [0.2, 0.25) is 0 Å². The average molecular weight is 206 g/mol. The summed E-state index contributed by atoms with van der Waals surface area (Å²) in [5, 5.41) is 3.73. The van der Waals surface area contributed by atoms with Crippen LogP contribution in [0.15, 0.2) is 0 Å². The van der Waals surface area contributed by atoms with E-state index >= 15 is 0 Å². The smallest absolute Gasteiger partial charge is 0.0309 e. The lowest BCUT2D eigenvalue weighted by Crippen LogP contribution is -2.59. The van der Waals surface area contributed by atoms with Crippen molar-refractivity contribution in [1.29, 1.82) is 0 Å². The van der Waals surface area contributed by atoms with Gasteiger partial charge in [-0.2, -0.15) is 0 Å². The first-order chi connectivity index (χ1) is 7.35. The maximum absolute atomic E-state index is 5.28. The normalized spacial score (nSPS) is 25.5. The molecule has 1 N–H and O–H groups in total.